The monoisotopic (exact) mass is 500 g/mol. The number of hydrogen-bond donors (Lipinski definition) is 1. The first kappa shape index (κ1) is 20.6. The summed E-state index contributed by atoms with van der Waals surface area (Å²) in [4.78, 5) is 32.9. The summed E-state index contributed by atoms with van der Waals surface area (Å²) in [6, 6.07) is 9.22. The lowest BCUT2D eigenvalue weighted by Gasteiger charge is -2.27. The number of nitrogens with one attached hydrogen (secondary N) is 1. The average Bonchev–Trinajstić information content (AvgIpc) is 3.08. The maximum Gasteiger partial charge on any atom is 0.227 e. The topological polar surface area (TPSA) is 79.0 Å². The molecule has 1 aliphatic heterocycles. The molecule has 2 aliphatic rings. The second-order valence-corrected chi connectivity index (χ2v) is 10.2. The minimum absolute atomic E-state index is 0.0116. The highest BCUT2D eigenvalue weighted by atomic mass is 79.9. The smallest absolute Gasteiger partial charge is 0.227 e. The van der Waals surface area contributed by atoms with Crippen molar-refractivity contribution < 1.29 is 9.59 Å². The highest BCUT2D eigenvalue weighted by Gasteiger charge is 2.63. The number of benzene rings is 1. The number of aromatic amines is 1. The maximum atomic E-state index is 13.3. The summed E-state index contributed by atoms with van der Waals surface area (Å²) < 4.78 is 0.711. The lowest BCUT2D eigenvalue weighted by atomic mass is 9.96. The highest BCUT2D eigenvalue weighted by molar-refractivity contribution is 9.10. The fourth-order valence-electron chi connectivity index (χ4n) is 4.82. The molecule has 3 atom stereocenters. The van der Waals surface area contributed by atoms with E-state index in [4.69, 9.17) is 11.6 Å². The van der Waals surface area contributed by atoms with E-state index in [1.807, 2.05) is 42.2 Å². The van der Waals surface area contributed by atoms with Gasteiger partial charge in [-0.2, -0.15) is 5.10 Å². The summed E-state index contributed by atoms with van der Waals surface area (Å²) in [6.45, 7) is 4.13. The SMILES string of the molecule is Cc1ccc(Br)nc1CC(=O)[C@@H]1C[C@@]2(C)C[C@H]2N1C(=O)Cc1ccc2n[nH]c(Cl)c2c1. The van der Waals surface area contributed by atoms with E-state index in [9.17, 15) is 9.59 Å². The van der Waals surface area contributed by atoms with Gasteiger partial charge in [-0.15, -0.1) is 0 Å². The van der Waals surface area contributed by atoms with Crippen LogP contribution in [0.1, 0.15) is 36.6 Å². The van der Waals surface area contributed by atoms with Crippen LogP contribution in [0.2, 0.25) is 5.15 Å². The first-order valence-electron chi connectivity index (χ1n) is 10.3. The zero-order chi connectivity index (χ0) is 21.9. The Morgan fingerprint density at radius 1 is 1.26 bits per heavy atom. The number of ketones is 1. The fraction of sp³-hybridized carbons (Fsp3) is 0.391. The summed E-state index contributed by atoms with van der Waals surface area (Å²) in [5, 5.41) is 8.14. The van der Waals surface area contributed by atoms with E-state index in [1.165, 1.54) is 0 Å². The molecule has 0 bridgehead atoms. The van der Waals surface area contributed by atoms with Crippen LogP contribution in [0.3, 0.4) is 0 Å². The van der Waals surface area contributed by atoms with Crippen LogP contribution in [0, 0.1) is 12.3 Å². The first-order valence-corrected chi connectivity index (χ1v) is 11.5. The number of carbonyl (C=O) groups is 2. The summed E-state index contributed by atoms with van der Waals surface area (Å²) in [6.07, 6.45) is 2.16. The predicted octanol–water partition coefficient (Wildman–Crippen LogP) is 4.42. The van der Waals surface area contributed by atoms with Gasteiger partial charge in [0, 0.05) is 11.4 Å². The third-order valence-electron chi connectivity index (χ3n) is 6.73. The van der Waals surface area contributed by atoms with Crippen molar-refractivity contribution in [1.82, 2.24) is 20.1 Å². The summed E-state index contributed by atoms with van der Waals surface area (Å²) in [7, 11) is 0. The van der Waals surface area contributed by atoms with Gasteiger partial charge in [0.2, 0.25) is 5.91 Å². The van der Waals surface area contributed by atoms with Crippen LogP contribution in [0.25, 0.3) is 10.9 Å². The van der Waals surface area contributed by atoms with Crippen LogP contribution in [0.5, 0.6) is 0 Å². The average molecular weight is 502 g/mol. The number of hydrogen-bond acceptors (Lipinski definition) is 4. The molecule has 0 radical (unpaired) electrons. The van der Waals surface area contributed by atoms with Gasteiger partial charge in [0.1, 0.15) is 9.76 Å². The van der Waals surface area contributed by atoms with Gasteiger partial charge < -0.3 is 4.90 Å². The van der Waals surface area contributed by atoms with E-state index in [1.54, 1.807) is 0 Å². The molecule has 0 spiro atoms. The molecule has 2 fully saturated rings. The molecule has 160 valence electrons. The van der Waals surface area contributed by atoms with Gasteiger partial charge >= 0.3 is 0 Å². The molecule has 8 heteroatoms. The maximum absolute atomic E-state index is 13.3. The molecular weight excluding hydrogens is 480 g/mol. The van der Waals surface area contributed by atoms with E-state index < -0.39 is 6.04 Å². The quantitative estimate of drug-likeness (QED) is 0.525. The van der Waals surface area contributed by atoms with Gasteiger partial charge in [-0.1, -0.05) is 30.7 Å². The van der Waals surface area contributed by atoms with Gasteiger partial charge in [0.25, 0.3) is 0 Å². The number of likely N-dealkylation sites (tertiary alicyclic amines) is 1. The Kier molecular flexibility index (Phi) is 4.94. The number of fused-ring (bicyclic) bond motifs is 2. The van der Waals surface area contributed by atoms with E-state index in [-0.39, 0.29) is 36.0 Å². The number of rotatable bonds is 5. The predicted molar refractivity (Wildman–Crippen MR) is 122 cm³/mol. The number of carbonyl (C=O) groups excluding carboxylic acids is 2. The van der Waals surface area contributed by atoms with Crippen molar-refractivity contribution in [1.29, 1.82) is 0 Å². The summed E-state index contributed by atoms with van der Waals surface area (Å²) >= 11 is 9.54. The first-order chi connectivity index (χ1) is 14.7. The van der Waals surface area contributed by atoms with Crippen molar-refractivity contribution in [2.24, 2.45) is 5.41 Å². The number of halogens is 2. The molecule has 2 aromatic heterocycles. The highest BCUT2D eigenvalue weighted by Crippen LogP contribution is 2.59. The molecule has 6 nitrogen and oxygen atoms in total. The Morgan fingerprint density at radius 2 is 2.06 bits per heavy atom. The Labute approximate surface area is 193 Å². The number of aromatic nitrogens is 3. The summed E-state index contributed by atoms with van der Waals surface area (Å²) in [5.41, 5.74) is 3.42. The van der Waals surface area contributed by atoms with Crippen LogP contribution in [0.4, 0.5) is 0 Å². The lowest BCUT2D eigenvalue weighted by Crippen LogP contribution is -2.44. The molecule has 1 aliphatic carbocycles. The minimum Gasteiger partial charge on any atom is -0.329 e. The second kappa shape index (κ2) is 7.41. The zero-order valence-electron chi connectivity index (χ0n) is 17.3. The van der Waals surface area contributed by atoms with Crippen LogP contribution < -0.4 is 0 Å². The number of H-pyrrole nitrogens is 1. The number of nitrogens with zero attached hydrogens (tertiary/aromatic N) is 3. The normalized spacial score (nSPS) is 24.5. The number of amides is 1. The lowest BCUT2D eigenvalue weighted by molar-refractivity contribution is -0.138. The van der Waals surface area contributed by atoms with Crippen LogP contribution in [-0.4, -0.2) is 43.9 Å². The molecule has 1 saturated heterocycles. The van der Waals surface area contributed by atoms with E-state index >= 15 is 0 Å². The molecule has 3 aromatic rings. The van der Waals surface area contributed by atoms with Crippen molar-refractivity contribution in [2.75, 3.05) is 0 Å². The van der Waals surface area contributed by atoms with E-state index in [2.05, 4.69) is 38.0 Å². The zero-order valence-corrected chi connectivity index (χ0v) is 19.6. The van der Waals surface area contributed by atoms with Gasteiger partial charge in [-0.25, -0.2) is 4.98 Å². The Balaban J connectivity index is 1.37. The molecule has 5 rings (SSSR count). The van der Waals surface area contributed by atoms with E-state index in [0.717, 1.165) is 40.6 Å². The molecule has 3 heterocycles. The minimum atomic E-state index is -0.391. The van der Waals surface area contributed by atoms with Crippen molar-refractivity contribution in [3.05, 3.63) is 56.9 Å². The fourth-order valence-corrected chi connectivity index (χ4v) is 5.36. The Bertz CT molecular complexity index is 1230. The van der Waals surface area contributed by atoms with E-state index in [0.29, 0.717) is 9.76 Å². The number of pyridine rings is 1. The van der Waals surface area contributed by atoms with Crippen LogP contribution in [-0.2, 0) is 22.4 Å². The Morgan fingerprint density at radius 3 is 2.87 bits per heavy atom. The molecule has 1 saturated carbocycles. The molecule has 1 aromatic carbocycles. The third kappa shape index (κ3) is 3.68. The van der Waals surface area contributed by atoms with Crippen LogP contribution >= 0.6 is 27.5 Å². The van der Waals surface area contributed by atoms with Gasteiger partial charge in [-0.05, 0) is 70.4 Å². The number of piperidine rings is 1. The van der Waals surface area contributed by atoms with Crippen molar-refractivity contribution in [3.8, 4) is 0 Å². The third-order valence-corrected chi connectivity index (χ3v) is 7.46. The van der Waals surface area contributed by atoms with Gasteiger partial charge in [0.05, 0.1) is 30.1 Å². The molecule has 1 amide bonds. The summed E-state index contributed by atoms with van der Waals surface area (Å²) in [5.74, 6) is 0.0475. The standard InChI is InChI=1S/C23H22BrClN4O2/c1-12-3-6-20(24)26-16(12)9-18(30)17-10-23(2)11-19(23)29(17)21(31)8-13-4-5-15-14(7-13)22(25)28-27-15/h3-7,17,19H,8-11H2,1-2H3,(H,27,28)/t17-,19+,23-/m0/s1. The van der Waals surface area contributed by atoms with Crippen LogP contribution in [0.15, 0.2) is 34.9 Å². The van der Waals surface area contributed by atoms with Crippen molar-refractivity contribution in [2.45, 2.75) is 51.6 Å². The molecule has 31 heavy (non-hydrogen) atoms. The molecular formula is C23H22BrClN4O2. The Hall–Kier alpha value is -2.25. The van der Waals surface area contributed by atoms with Gasteiger partial charge in [-0.3, -0.25) is 14.7 Å². The number of Topliss-reactive ketones (excluding diaryl/α,β-unsaturated/α-hetero) is 1. The van der Waals surface area contributed by atoms with Gasteiger partial charge in [0.15, 0.2) is 5.78 Å². The van der Waals surface area contributed by atoms with Crippen molar-refractivity contribution in [3.63, 3.8) is 0 Å². The molecule has 1 N–H and O–H groups in total. The largest absolute Gasteiger partial charge is 0.329 e. The second-order valence-electron chi connectivity index (χ2n) is 9.00. The molecule has 0 unspecified atom stereocenters. The number of aryl methyl sites for hydroxylation is 1. The van der Waals surface area contributed by atoms with Crippen molar-refractivity contribution >= 4 is 50.1 Å².